The zero-order valence-electron chi connectivity index (χ0n) is 12.5. The van der Waals surface area contributed by atoms with Gasteiger partial charge in [-0.1, -0.05) is 29.8 Å². The number of benzene rings is 2. The number of hydrogen-bond donors (Lipinski definition) is 1. The molecule has 2 aromatic carbocycles. The van der Waals surface area contributed by atoms with Crippen LogP contribution in [0.4, 0.5) is 5.69 Å². The summed E-state index contributed by atoms with van der Waals surface area (Å²) in [6.45, 7) is -0.799. The zero-order chi connectivity index (χ0) is 17.4. The van der Waals surface area contributed by atoms with Crippen LogP contribution in [0.15, 0.2) is 48.5 Å². The number of carbonyl (C=O) groups is 2. The lowest BCUT2D eigenvalue weighted by Crippen LogP contribution is -2.24. The van der Waals surface area contributed by atoms with Crippen LogP contribution in [0.1, 0.15) is 5.56 Å². The molecule has 0 atom stereocenters. The Bertz CT molecular complexity index is 772. The number of anilines is 1. The molecule has 0 aliphatic rings. The number of nitrogens with zero attached hydrogens (tertiary/aromatic N) is 1. The molecule has 0 aliphatic carbocycles. The van der Waals surface area contributed by atoms with Gasteiger partial charge in [0, 0.05) is 5.02 Å². The topological polar surface area (TPSA) is 88.4 Å². The first-order valence-electron chi connectivity index (χ1n) is 6.91. The van der Waals surface area contributed by atoms with Gasteiger partial charge < -0.3 is 14.8 Å². The number of rotatable bonds is 6. The molecular formula is C17H13ClN2O4. The number of esters is 1. The monoisotopic (exact) mass is 344 g/mol. The van der Waals surface area contributed by atoms with Crippen molar-refractivity contribution in [1.82, 2.24) is 0 Å². The molecule has 0 unspecified atom stereocenters. The van der Waals surface area contributed by atoms with E-state index in [0.29, 0.717) is 10.8 Å². The summed E-state index contributed by atoms with van der Waals surface area (Å²) in [4.78, 5) is 23.3. The van der Waals surface area contributed by atoms with Crippen LogP contribution in [-0.2, 0) is 14.3 Å². The van der Waals surface area contributed by atoms with Gasteiger partial charge in [0.1, 0.15) is 11.8 Å². The van der Waals surface area contributed by atoms with Crippen molar-refractivity contribution >= 4 is 29.2 Å². The highest BCUT2D eigenvalue weighted by Crippen LogP contribution is 2.20. The van der Waals surface area contributed by atoms with E-state index in [9.17, 15) is 9.59 Å². The predicted octanol–water partition coefficient (Wildman–Crippen LogP) is 2.77. The summed E-state index contributed by atoms with van der Waals surface area (Å²) < 4.78 is 10.0. The second-order valence-electron chi connectivity index (χ2n) is 4.61. The summed E-state index contributed by atoms with van der Waals surface area (Å²) in [5, 5.41) is 11.8. The van der Waals surface area contributed by atoms with Crippen molar-refractivity contribution < 1.29 is 19.1 Å². The number of para-hydroxylation sites is 1. The SMILES string of the molecule is N#Cc1ccc(Cl)cc1NC(=O)COC(=O)COc1ccccc1. The Hall–Kier alpha value is -3.04. The summed E-state index contributed by atoms with van der Waals surface area (Å²) in [5.74, 6) is -0.737. The molecule has 6 nitrogen and oxygen atoms in total. The minimum absolute atomic E-state index is 0.256. The van der Waals surface area contributed by atoms with Crippen LogP contribution in [0, 0.1) is 11.3 Å². The maximum Gasteiger partial charge on any atom is 0.344 e. The number of halogens is 1. The number of nitriles is 1. The van der Waals surface area contributed by atoms with Crippen LogP contribution in [0.3, 0.4) is 0 Å². The lowest BCUT2D eigenvalue weighted by molar-refractivity contribution is -0.149. The van der Waals surface area contributed by atoms with Gasteiger partial charge in [0.25, 0.3) is 5.91 Å². The third-order valence-corrected chi connectivity index (χ3v) is 3.08. The molecule has 24 heavy (non-hydrogen) atoms. The Morgan fingerprint density at radius 3 is 2.58 bits per heavy atom. The Morgan fingerprint density at radius 2 is 1.88 bits per heavy atom. The van der Waals surface area contributed by atoms with Gasteiger partial charge in [0.2, 0.25) is 0 Å². The minimum atomic E-state index is -0.680. The van der Waals surface area contributed by atoms with Crippen molar-refractivity contribution in [2.75, 3.05) is 18.5 Å². The van der Waals surface area contributed by atoms with Crippen molar-refractivity contribution in [2.24, 2.45) is 0 Å². The van der Waals surface area contributed by atoms with E-state index in [1.54, 1.807) is 24.3 Å². The van der Waals surface area contributed by atoms with E-state index >= 15 is 0 Å². The van der Waals surface area contributed by atoms with Crippen LogP contribution in [0.25, 0.3) is 0 Å². The van der Waals surface area contributed by atoms with Crippen LogP contribution in [0.2, 0.25) is 5.02 Å². The van der Waals surface area contributed by atoms with E-state index in [-0.39, 0.29) is 17.9 Å². The zero-order valence-corrected chi connectivity index (χ0v) is 13.2. The number of nitrogens with one attached hydrogen (secondary N) is 1. The van der Waals surface area contributed by atoms with E-state index in [2.05, 4.69) is 5.32 Å². The van der Waals surface area contributed by atoms with Crippen molar-refractivity contribution in [3.05, 3.63) is 59.1 Å². The molecule has 2 aromatic rings. The molecule has 0 radical (unpaired) electrons. The average molecular weight is 345 g/mol. The van der Waals surface area contributed by atoms with Gasteiger partial charge >= 0.3 is 5.97 Å². The molecule has 2 rings (SSSR count). The maximum atomic E-state index is 11.8. The smallest absolute Gasteiger partial charge is 0.344 e. The van der Waals surface area contributed by atoms with E-state index in [1.807, 2.05) is 12.1 Å². The third kappa shape index (κ3) is 5.30. The Labute approximate surface area is 143 Å². The average Bonchev–Trinajstić information content (AvgIpc) is 2.59. The largest absolute Gasteiger partial charge is 0.482 e. The van der Waals surface area contributed by atoms with Crippen molar-refractivity contribution in [1.29, 1.82) is 5.26 Å². The van der Waals surface area contributed by atoms with Gasteiger partial charge in [-0.2, -0.15) is 5.26 Å². The fraction of sp³-hybridized carbons (Fsp3) is 0.118. The third-order valence-electron chi connectivity index (χ3n) is 2.84. The molecule has 0 bridgehead atoms. The molecule has 0 spiro atoms. The van der Waals surface area contributed by atoms with Crippen LogP contribution >= 0.6 is 11.6 Å². The number of carbonyl (C=O) groups excluding carboxylic acids is 2. The highest BCUT2D eigenvalue weighted by atomic mass is 35.5. The second-order valence-corrected chi connectivity index (χ2v) is 5.05. The van der Waals surface area contributed by atoms with Gasteiger partial charge in [-0.25, -0.2) is 4.79 Å². The maximum absolute atomic E-state index is 11.8. The molecule has 0 saturated carbocycles. The van der Waals surface area contributed by atoms with Crippen molar-refractivity contribution in [3.63, 3.8) is 0 Å². The highest BCUT2D eigenvalue weighted by Gasteiger charge is 2.11. The number of ether oxygens (including phenoxy) is 2. The van der Waals surface area contributed by atoms with E-state index < -0.39 is 18.5 Å². The molecule has 122 valence electrons. The van der Waals surface area contributed by atoms with E-state index in [1.165, 1.54) is 18.2 Å². The summed E-state index contributed by atoms with van der Waals surface area (Å²) >= 11 is 5.82. The summed E-state index contributed by atoms with van der Waals surface area (Å²) in [7, 11) is 0. The molecule has 7 heteroatoms. The highest BCUT2D eigenvalue weighted by molar-refractivity contribution is 6.31. The van der Waals surface area contributed by atoms with Crippen molar-refractivity contribution in [2.45, 2.75) is 0 Å². The van der Waals surface area contributed by atoms with Gasteiger partial charge in [0.15, 0.2) is 13.2 Å². The van der Waals surface area contributed by atoms with Gasteiger partial charge in [-0.05, 0) is 30.3 Å². The predicted molar refractivity (Wildman–Crippen MR) is 87.7 cm³/mol. The molecule has 0 fully saturated rings. The normalized spacial score (nSPS) is 9.67. The first kappa shape index (κ1) is 17.3. The number of hydrogen-bond acceptors (Lipinski definition) is 5. The van der Waals surface area contributed by atoms with Gasteiger partial charge in [0.05, 0.1) is 11.3 Å². The fourth-order valence-electron chi connectivity index (χ4n) is 1.75. The van der Waals surface area contributed by atoms with E-state index in [4.69, 9.17) is 26.3 Å². The fourth-order valence-corrected chi connectivity index (χ4v) is 1.92. The van der Waals surface area contributed by atoms with Crippen LogP contribution in [0.5, 0.6) is 5.75 Å². The van der Waals surface area contributed by atoms with Crippen molar-refractivity contribution in [3.8, 4) is 11.8 Å². The second kappa shape index (κ2) is 8.56. The summed E-state index contributed by atoms with van der Waals surface area (Å²) in [6.07, 6.45) is 0. The minimum Gasteiger partial charge on any atom is -0.482 e. The van der Waals surface area contributed by atoms with E-state index in [0.717, 1.165) is 0 Å². The van der Waals surface area contributed by atoms with Crippen LogP contribution in [-0.4, -0.2) is 25.1 Å². The molecular weight excluding hydrogens is 332 g/mol. The summed E-state index contributed by atoms with van der Waals surface area (Å²) in [5.41, 5.74) is 0.512. The first-order chi connectivity index (χ1) is 11.6. The molecule has 1 amide bonds. The number of amides is 1. The lowest BCUT2D eigenvalue weighted by atomic mass is 10.2. The molecule has 0 aliphatic heterocycles. The molecule has 0 heterocycles. The quantitative estimate of drug-likeness (QED) is 0.814. The Balaban J connectivity index is 1.80. The van der Waals surface area contributed by atoms with Crippen LogP contribution < -0.4 is 10.1 Å². The lowest BCUT2D eigenvalue weighted by Gasteiger charge is -2.09. The Morgan fingerprint density at radius 1 is 1.12 bits per heavy atom. The first-order valence-corrected chi connectivity index (χ1v) is 7.29. The van der Waals surface area contributed by atoms with Gasteiger partial charge in [-0.15, -0.1) is 0 Å². The molecule has 0 aromatic heterocycles. The standard InChI is InChI=1S/C17H13ClN2O4/c18-13-7-6-12(9-19)15(8-13)20-16(21)10-24-17(22)11-23-14-4-2-1-3-5-14/h1-8H,10-11H2,(H,20,21). The molecule has 0 saturated heterocycles. The van der Waals surface area contributed by atoms with Gasteiger partial charge in [-0.3, -0.25) is 4.79 Å². The Kier molecular flexibility index (Phi) is 6.17. The summed E-state index contributed by atoms with van der Waals surface area (Å²) in [6, 6.07) is 15.1. The molecule has 1 N–H and O–H groups in total.